The van der Waals surface area contributed by atoms with Crippen LogP contribution in [0.2, 0.25) is 0 Å². The summed E-state index contributed by atoms with van der Waals surface area (Å²) < 4.78 is 10.7. The molecule has 2 atom stereocenters. The molecule has 3 rings (SSSR count). The van der Waals surface area contributed by atoms with E-state index in [-0.39, 0.29) is 13.2 Å². The monoisotopic (exact) mass is 299 g/mol. The van der Waals surface area contributed by atoms with Crippen molar-refractivity contribution >= 4 is 6.09 Å². The van der Waals surface area contributed by atoms with E-state index in [2.05, 4.69) is 5.32 Å². The summed E-state index contributed by atoms with van der Waals surface area (Å²) >= 11 is 0. The Kier molecular flexibility index (Phi) is 4.25. The Labute approximate surface area is 128 Å². The number of amides is 1. The SMILES string of the molecule is O=C(N[C@H]1COc2ccccc2[C@@H]1O)OCc1ccccc1. The van der Waals surface area contributed by atoms with Gasteiger partial charge in [0.05, 0.1) is 6.04 Å². The van der Waals surface area contributed by atoms with Crippen molar-refractivity contribution in [1.82, 2.24) is 5.32 Å². The molecule has 2 aromatic carbocycles. The van der Waals surface area contributed by atoms with Gasteiger partial charge in [-0.3, -0.25) is 0 Å². The van der Waals surface area contributed by atoms with Gasteiger partial charge in [-0.25, -0.2) is 4.79 Å². The lowest BCUT2D eigenvalue weighted by Gasteiger charge is -2.30. The number of alkyl carbamates (subject to hydrolysis) is 1. The minimum atomic E-state index is -0.811. The van der Waals surface area contributed by atoms with E-state index < -0.39 is 18.2 Å². The summed E-state index contributed by atoms with van der Waals surface area (Å²) in [6, 6.07) is 16.1. The van der Waals surface area contributed by atoms with Gasteiger partial charge in [0.1, 0.15) is 25.1 Å². The lowest BCUT2D eigenvalue weighted by Crippen LogP contribution is -2.45. The van der Waals surface area contributed by atoms with Gasteiger partial charge in [0.15, 0.2) is 0 Å². The van der Waals surface area contributed by atoms with Crippen LogP contribution >= 0.6 is 0 Å². The van der Waals surface area contributed by atoms with Crippen LogP contribution in [-0.4, -0.2) is 23.8 Å². The molecule has 0 spiro atoms. The first-order valence-electron chi connectivity index (χ1n) is 7.11. The molecule has 2 N–H and O–H groups in total. The van der Waals surface area contributed by atoms with Crippen LogP contribution in [0.5, 0.6) is 5.75 Å². The highest BCUT2D eigenvalue weighted by Gasteiger charge is 2.30. The fourth-order valence-electron chi connectivity index (χ4n) is 2.38. The third-order valence-electron chi connectivity index (χ3n) is 3.55. The largest absolute Gasteiger partial charge is 0.491 e. The van der Waals surface area contributed by atoms with E-state index in [9.17, 15) is 9.90 Å². The van der Waals surface area contributed by atoms with E-state index >= 15 is 0 Å². The van der Waals surface area contributed by atoms with Gasteiger partial charge in [-0.2, -0.15) is 0 Å². The Bertz CT molecular complexity index is 644. The Morgan fingerprint density at radius 1 is 1.18 bits per heavy atom. The van der Waals surface area contributed by atoms with Crippen LogP contribution in [-0.2, 0) is 11.3 Å². The second kappa shape index (κ2) is 6.49. The number of para-hydroxylation sites is 1. The van der Waals surface area contributed by atoms with E-state index in [0.29, 0.717) is 11.3 Å². The molecular weight excluding hydrogens is 282 g/mol. The molecule has 0 saturated heterocycles. The van der Waals surface area contributed by atoms with Crippen molar-refractivity contribution in [3.8, 4) is 5.75 Å². The average Bonchev–Trinajstić information content (AvgIpc) is 2.57. The molecule has 114 valence electrons. The molecule has 1 aliphatic heterocycles. The summed E-state index contributed by atoms with van der Waals surface area (Å²) in [5, 5.41) is 12.9. The fraction of sp³-hybridized carbons (Fsp3) is 0.235. The van der Waals surface area contributed by atoms with Crippen molar-refractivity contribution in [2.45, 2.75) is 18.8 Å². The van der Waals surface area contributed by atoms with E-state index in [0.717, 1.165) is 5.56 Å². The number of benzene rings is 2. The van der Waals surface area contributed by atoms with Crippen molar-refractivity contribution < 1.29 is 19.4 Å². The van der Waals surface area contributed by atoms with Crippen molar-refractivity contribution in [2.24, 2.45) is 0 Å². The normalized spacial score (nSPS) is 19.7. The van der Waals surface area contributed by atoms with Gasteiger partial charge in [-0.1, -0.05) is 48.5 Å². The molecule has 0 saturated carbocycles. The van der Waals surface area contributed by atoms with Crippen LogP contribution in [0.15, 0.2) is 54.6 Å². The summed E-state index contributed by atoms with van der Waals surface area (Å²) in [5.74, 6) is 0.644. The van der Waals surface area contributed by atoms with Crippen LogP contribution in [0.3, 0.4) is 0 Å². The minimum Gasteiger partial charge on any atom is -0.491 e. The number of rotatable bonds is 3. The molecule has 1 aliphatic rings. The summed E-state index contributed by atoms with van der Waals surface area (Å²) in [6.07, 6.45) is -1.38. The minimum absolute atomic E-state index is 0.187. The first-order valence-corrected chi connectivity index (χ1v) is 7.11. The quantitative estimate of drug-likeness (QED) is 0.913. The van der Waals surface area contributed by atoms with Crippen molar-refractivity contribution in [2.75, 3.05) is 6.61 Å². The molecule has 1 heterocycles. The summed E-state index contributed by atoms with van der Waals surface area (Å²) in [4.78, 5) is 11.8. The van der Waals surface area contributed by atoms with Crippen LogP contribution < -0.4 is 10.1 Å². The number of hydrogen-bond donors (Lipinski definition) is 2. The molecule has 0 aromatic heterocycles. The molecule has 22 heavy (non-hydrogen) atoms. The maximum absolute atomic E-state index is 11.8. The fourth-order valence-corrected chi connectivity index (χ4v) is 2.38. The number of nitrogens with one attached hydrogen (secondary N) is 1. The Balaban J connectivity index is 1.56. The Morgan fingerprint density at radius 2 is 1.91 bits per heavy atom. The van der Waals surface area contributed by atoms with Crippen molar-refractivity contribution in [3.05, 3.63) is 65.7 Å². The summed E-state index contributed by atoms with van der Waals surface area (Å²) in [7, 11) is 0. The first-order chi connectivity index (χ1) is 10.7. The molecule has 0 unspecified atom stereocenters. The van der Waals surface area contributed by atoms with Gasteiger partial charge in [0.2, 0.25) is 0 Å². The lowest BCUT2D eigenvalue weighted by atomic mass is 9.99. The number of hydrogen-bond acceptors (Lipinski definition) is 4. The van der Waals surface area contributed by atoms with Gasteiger partial charge < -0.3 is 19.9 Å². The zero-order valence-corrected chi connectivity index (χ0v) is 11.9. The molecular formula is C17H17NO4. The highest BCUT2D eigenvalue weighted by atomic mass is 16.5. The van der Waals surface area contributed by atoms with Crippen LogP contribution in [0.1, 0.15) is 17.2 Å². The van der Waals surface area contributed by atoms with Crippen LogP contribution in [0.4, 0.5) is 4.79 Å². The van der Waals surface area contributed by atoms with Gasteiger partial charge >= 0.3 is 6.09 Å². The Morgan fingerprint density at radius 3 is 2.73 bits per heavy atom. The average molecular weight is 299 g/mol. The lowest BCUT2D eigenvalue weighted by molar-refractivity contribution is 0.0640. The van der Waals surface area contributed by atoms with Gasteiger partial charge in [0.25, 0.3) is 0 Å². The van der Waals surface area contributed by atoms with Crippen molar-refractivity contribution in [1.29, 1.82) is 0 Å². The van der Waals surface area contributed by atoms with Crippen LogP contribution in [0, 0.1) is 0 Å². The second-order valence-electron chi connectivity index (χ2n) is 5.11. The summed E-state index contributed by atoms with van der Waals surface area (Å²) in [5.41, 5.74) is 1.57. The highest BCUT2D eigenvalue weighted by Crippen LogP contribution is 2.31. The van der Waals surface area contributed by atoms with Crippen LogP contribution in [0.25, 0.3) is 0 Å². The summed E-state index contributed by atoms with van der Waals surface area (Å²) in [6.45, 7) is 0.394. The number of fused-ring (bicyclic) bond motifs is 1. The second-order valence-corrected chi connectivity index (χ2v) is 5.11. The number of aliphatic hydroxyl groups is 1. The van der Waals surface area contributed by atoms with E-state index in [1.54, 1.807) is 12.1 Å². The maximum atomic E-state index is 11.8. The smallest absolute Gasteiger partial charge is 0.407 e. The highest BCUT2D eigenvalue weighted by molar-refractivity contribution is 5.68. The van der Waals surface area contributed by atoms with E-state index in [1.807, 2.05) is 42.5 Å². The topological polar surface area (TPSA) is 67.8 Å². The Hall–Kier alpha value is -2.53. The molecule has 0 bridgehead atoms. The number of carbonyl (C=O) groups excluding carboxylic acids is 1. The predicted octanol–water partition coefficient (Wildman–Crippen LogP) is 2.41. The van der Waals surface area contributed by atoms with Gasteiger partial charge in [-0.05, 0) is 11.6 Å². The van der Waals surface area contributed by atoms with Crippen molar-refractivity contribution in [3.63, 3.8) is 0 Å². The molecule has 5 nitrogen and oxygen atoms in total. The zero-order chi connectivity index (χ0) is 15.4. The predicted molar refractivity (Wildman–Crippen MR) is 80.4 cm³/mol. The molecule has 5 heteroatoms. The number of carbonyl (C=O) groups is 1. The maximum Gasteiger partial charge on any atom is 0.407 e. The number of ether oxygens (including phenoxy) is 2. The third kappa shape index (κ3) is 3.20. The third-order valence-corrected chi connectivity index (χ3v) is 3.55. The molecule has 2 aromatic rings. The zero-order valence-electron chi connectivity index (χ0n) is 11.9. The van der Waals surface area contributed by atoms with E-state index in [1.165, 1.54) is 0 Å². The van der Waals surface area contributed by atoms with Gasteiger partial charge in [0, 0.05) is 5.56 Å². The molecule has 0 radical (unpaired) electrons. The molecule has 0 fully saturated rings. The van der Waals surface area contributed by atoms with E-state index in [4.69, 9.17) is 9.47 Å². The van der Waals surface area contributed by atoms with Gasteiger partial charge in [-0.15, -0.1) is 0 Å². The number of aliphatic hydroxyl groups excluding tert-OH is 1. The first kappa shape index (κ1) is 14.4. The standard InChI is InChI=1S/C17H17NO4/c19-16-13-8-4-5-9-15(13)21-11-14(16)18-17(20)22-10-12-6-2-1-3-7-12/h1-9,14,16,19H,10-11H2,(H,18,20)/t14-,16-/m0/s1. The molecule has 1 amide bonds. The molecule has 0 aliphatic carbocycles.